The average Bonchev–Trinajstić information content (AvgIpc) is 2.22. The molecule has 0 heterocycles. The van der Waals surface area contributed by atoms with E-state index in [-0.39, 0.29) is 19.5 Å². The van der Waals surface area contributed by atoms with Crippen LogP contribution >= 0.6 is 11.6 Å². The summed E-state index contributed by atoms with van der Waals surface area (Å²) in [7, 11) is 0. The van der Waals surface area contributed by atoms with E-state index in [0.717, 1.165) is 0 Å². The van der Waals surface area contributed by atoms with Crippen molar-refractivity contribution in [3.63, 3.8) is 0 Å². The minimum Gasteiger partial charge on any atom is -0.481 e. The highest BCUT2D eigenvalue weighted by molar-refractivity contribution is 6.30. The Balaban J connectivity index is 2.40. The summed E-state index contributed by atoms with van der Waals surface area (Å²) in [6.07, 6.45) is -1.33. The molecule has 0 saturated heterocycles. The Kier molecular flexibility index (Phi) is 5.34. The molecule has 1 aromatic rings. The smallest absolute Gasteiger partial charge is 0.306 e. The third-order valence-corrected chi connectivity index (χ3v) is 2.35. The Bertz CT molecular complexity index is 400. The number of halogens is 2. The number of aliphatic carboxylic acids is 1. The number of carbonyl (C=O) groups is 1. The quantitative estimate of drug-likeness (QED) is 0.724. The van der Waals surface area contributed by atoms with E-state index in [2.05, 4.69) is 5.32 Å². The van der Waals surface area contributed by atoms with Crippen LogP contribution in [-0.4, -0.2) is 28.8 Å². The van der Waals surface area contributed by atoms with Crippen LogP contribution < -0.4 is 5.32 Å². The molecule has 1 atom stereocenters. The van der Waals surface area contributed by atoms with Crippen LogP contribution in [-0.2, 0) is 11.3 Å². The second-order valence-electron chi connectivity index (χ2n) is 3.62. The van der Waals surface area contributed by atoms with Gasteiger partial charge in [-0.1, -0.05) is 11.6 Å². The first-order valence-corrected chi connectivity index (χ1v) is 5.41. The second-order valence-corrected chi connectivity index (χ2v) is 4.05. The van der Waals surface area contributed by atoms with Gasteiger partial charge < -0.3 is 15.5 Å². The van der Waals surface area contributed by atoms with Crippen LogP contribution in [0.25, 0.3) is 0 Å². The molecule has 0 spiro atoms. The van der Waals surface area contributed by atoms with Crippen molar-refractivity contribution in [3.8, 4) is 0 Å². The molecule has 0 aliphatic heterocycles. The van der Waals surface area contributed by atoms with Gasteiger partial charge in [0.1, 0.15) is 5.82 Å². The largest absolute Gasteiger partial charge is 0.481 e. The zero-order valence-corrected chi connectivity index (χ0v) is 9.75. The van der Waals surface area contributed by atoms with Gasteiger partial charge in [0.2, 0.25) is 0 Å². The van der Waals surface area contributed by atoms with Crippen LogP contribution in [0.4, 0.5) is 4.39 Å². The molecule has 0 radical (unpaired) electrons. The first-order valence-electron chi connectivity index (χ1n) is 5.03. The SMILES string of the molecule is O=C(O)CC(O)CNCc1cc(Cl)ccc1F. The molecule has 0 aliphatic carbocycles. The van der Waals surface area contributed by atoms with Crippen molar-refractivity contribution in [1.82, 2.24) is 5.32 Å². The number of nitrogens with one attached hydrogen (secondary N) is 1. The fraction of sp³-hybridized carbons (Fsp3) is 0.364. The molecule has 3 N–H and O–H groups in total. The number of rotatable bonds is 6. The van der Waals surface area contributed by atoms with Crippen LogP contribution in [0.2, 0.25) is 5.02 Å². The highest BCUT2D eigenvalue weighted by Gasteiger charge is 2.09. The van der Waals surface area contributed by atoms with Gasteiger partial charge in [0.05, 0.1) is 12.5 Å². The van der Waals surface area contributed by atoms with Crippen molar-refractivity contribution in [3.05, 3.63) is 34.6 Å². The summed E-state index contributed by atoms with van der Waals surface area (Å²) < 4.78 is 13.2. The van der Waals surface area contributed by atoms with Gasteiger partial charge in [-0.3, -0.25) is 4.79 Å². The maximum Gasteiger partial charge on any atom is 0.306 e. The van der Waals surface area contributed by atoms with E-state index in [4.69, 9.17) is 16.7 Å². The number of hydrogen-bond acceptors (Lipinski definition) is 3. The monoisotopic (exact) mass is 261 g/mol. The fourth-order valence-corrected chi connectivity index (χ4v) is 1.52. The molecule has 4 nitrogen and oxygen atoms in total. The highest BCUT2D eigenvalue weighted by atomic mass is 35.5. The Morgan fingerprint density at radius 3 is 2.88 bits per heavy atom. The molecule has 94 valence electrons. The third-order valence-electron chi connectivity index (χ3n) is 2.11. The fourth-order valence-electron chi connectivity index (χ4n) is 1.33. The van der Waals surface area contributed by atoms with Crippen LogP contribution in [0.5, 0.6) is 0 Å². The molecule has 0 amide bonds. The predicted octanol–water partition coefficient (Wildman–Crippen LogP) is 1.40. The van der Waals surface area contributed by atoms with Crippen LogP contribution in [0.3, 0.4) is 0 Å². The van der Waals surface area contributed by atoms with Gasteiger partial charge in [-0.25, -0.2) is 4.39 Å². The van der Waals surface area contributed by atoms with Crippen molar-refractivity contribution in [2.24, 2.45) is 0 Å². The molecular formula is C11H13ClFNO3. The van der Waals surface area contributed by atoms with Crippen LogP contribution in [0.15, 0.2) is 18.2 Å². The Hall–Kier alpha value is -1.17. The van der Waals surface area contributed by atoms with Gasteiger partial charge >= 0.3 is 5.97 Å². The van der Waals surface area contributed by atoms with Crippen molar-refractivity contribution in [1.29, 1.82) is 0 Å². The number of carboxylic acids is 1. The van der Waals surface area contributed by atoms with E-state index in [9.17, 15) is 14.3 Å². The predicted molar refractivity (Wildman–Crippen MR) is 61.4 cm³/mol. The molecular weight excluding hydrogens is 249 g/mol. The van der Waals surface area contributed by atoms with Gasteiger partial charge in [-0.05, 0) is 18.2 Å². The van der Waals surface area contributed by atoms with Gasteiger partial charge in [-0.2, -0.15) is 0 Å². The van der Waals surface area contributed by atoms with E-state index in [1.54, 1.807) is 0 Å². The van der Waals surface area contributed by atoms with Gasteiger partial charge in [0.15, 0.2) is 0 Å². The summed E-state index contributed by atoms with van der Waals surface area (Å²) in [5.74, 6) is -1.47. The molecule has 1 aromatic carbocycles. The maximum absolute atomic E-state index is 13.2. The van der Waals surface area contributed by atoms with Crippen LogP contribution in [0, 0.1) is 5.82 Å². The maximum atomic E-state index is 13.2. The Morgan fingerprint density at radius 2 is 2.24 bits per heavy atom. The lowest BCUT2D eigenvalue weighted by Gasteiger charge is -2.10. The molecule has 0 bridgehead atoms. The Labute approximate surface area is 103 Å². The number of aliphatic hydroxyl groups excluding tert-OH is 1. The first-order chi connectivity index (χ1) is 7.99. The number of aliphatic hydroxyl groups is 1. The summed E-state index contributed by atoms with van der Waals surface area (Å²) in [5.41, 5.74) is 0.375. The van der Waals surface area contributed by atoms with Crippen molar-refractivity contribution in [2.75, 3.05) is 6.54 Å². The van der Waals surface area contributed by atoms with Gasteiger partial charge in [-0.15, -0.1) is 0 Å². The van der Waals surface area contributed by atoms with Crippen molar-refractivity contribution in [2.45, 2.75) is 19.1 Å². The molecule has 1 rings (SSSR count). The topological polar surface area (TPSA) is 69.6 Å². The van der Waals surface area contributed by atoms with E-state index >= 15 is 0 Å². The van der Waals surface area contributed by atoms with Crippen molar-refractivity contribution >= 4 is 17.6 Å². The number of hydrogen-bond donors (Lipinski definition) is 3. The third kappa shape index (κ3) is 5.12. The molecule has 1 unspecified atom stereocenters. The number of benzene rings is 1. The van der Waals surface area contributed by atoms with E-state index in [1.807, 2.05) is 0 Å². The minimum absolute atomic E-state index is 0.0816. The lowest BCUT2D eigenvalue weighted by atomic mass is 10.2. The van der Waals surface area contributed by atoms with E-state index in [1.165, 1.54) is 18.2 Å². The van der Waals surface area contributed by atoms with Crippen LogP contribution in [0.1, 0.15) is 12.0 Å². The molecule has 0 aromatic heterocycles. The zero-order chi connectivity index (χ0) is 12.8. The molecule has 6 heteroatoms. The Morgan fingerprint density at radius 1 is 1.53 bits per heavy atom. The van der Waals surface area contributed by atoms with E-state index in [0.29, 0.717) is 10.6 Å². The first kappa shape index (κ1) is 13.9. The normalized spacial score (nSPS) is 12.4. The standard InChI is InChI=1S/C11H13ClFNO3/c12-8-1-2-10(13)7(3-8)5-14-6-9(15)4-11(16)17/h1-3,9,14-15H,4-6H2,(H,16,17). The summed E-state index contributed by atoms with van der Waals surface area (Å²) in [6.45, 7) is 0.265. The summed E-state index contributed by atoms with van der Waals surface area (Å²) in [4.78, 5) is 10.3. The minimum atomic E-state index is -1.08. The average molecular weight is 262 g/mol. The molecule has 0 aliphatic rings. The lowest BCUT2D eigenvalue weighted by Crippen LogP contribution is -2.28. The lowest BCUT2D eigenvalue weighted by molar-refractivity contribution is -0.139. The highest BCUT2D eigenvalue weighted by Crippen LogP contribution is 2.14. The number of carboxylic acid groups (broad SMARTS) is 1. The second kappa shape index (κ2) is 6.54. The molecule has 0 saturated carbocycles. The van der Waals surface area contributed by atoms with Gasteiger partial charge in [0, 0.05) is 23.7 Å². The van der Waals surface area contributed by atoms with Crippen molar-refractivity contribution < 1.29 is 19.4 Å². The summed E-state index contributed by atoms with van der Waals surface area (Å²) in [6, 6.07) is 4.18. The molecule has 17 heavy (non-hydrogen) atoms. The zero-order valence-electron chi connectivity index (χ0n) is 8.99. The molecule has 0 fully saturated rings. The summed E-state index contributed by atoms with van der Waals surface area (Å²) in [5, 5.41) is 20.9. The van der Waals surface area contributed by atoms with E-state index < -0.39 is 17.9 Å². The van der Waals surface area contributed by atoms with Gasteiger partial charge in [0.25, 0.3) is 0 Å². The summed E-state index contributed by atoms with van der Waals surface area (Å²) >= 11 is 5.71.